The molecule has 118 valence electrons. The lowest BCUT2D eigenvalue weighted by atomic mass is 9.95. The molecule has 0 aromatic rings. The van der Waals surface area contributed by atoms with Crippen LogP contribution >= 0.6 is 0 Å². The molecule has 2 aliphatic heterocycles. The van der Waals surface area contributed by atoms with Gasteiger partial charge in [-0.25, -0.2) is 10.0 Å². The van der Waals surface area contributed by atoms with Crippen LogP contribution in [0, 0.1) is 0 Å². The summed E-state index contributed by atoms with van der Waals surface area (Å²) in [4.78, 5) is 4.89. The molecule has 2 rings (SSSR count). The monoisotopic (exact) mass is 283 g/mol. The number of nitrogens with zero attached hydrogens (tertiary/aromatic N) is 4. The van der Waals surface area contributed by atoms with E-state index >= 15 is 0 Å². The van der Waals surface area contributed by atoms with Crippen LogP contribution in [0.5, 0.6) is 0 Å². The van der Waals surface area contributed by atoms with E-state index in [1.807, 2.05) is 0 Å². The minimum Gasteiger partial charge on any atom is -0.324 e. The van der Waals surface area contributed by atoms with Crippen molar-refractivity contribution in [1.82, 2.24) is 19.8 Å². The van der Waals surface area contributed by atoms with Gasteiger partial charge in [-0.3, -0.25) is 9.80 Å². The Hall–Kier alpha value is -0.200. The van der Waals surface area contributed by atoms with Crippen molar-refractivity contribution in [2.45, 2.75) is 51.4 Å². The van der Waals surface area contributed by atoms with Crippen LogP contribution in [0.15, 0.2) is 0 Å². The Morgan fingerprint density at radius 3 is 2.15 bits per heavy atom. The lowest BCUT2D eigenvalue weighted by Gasteiger charge is -2.61. The van der Waals surface area contributed by atoms with Gasteiger partial charge in [0.05, 0.1) is 6.04 Å². The minimum atomic E-state index is -0.161. The summed E-state index contributed by atoms with van der Waals surface area (Å²) in [5.74, 6) is -0.161. The van der Waals surface area contributed by atoms with Crippen molar-refractivity contribution in [3.63, 3.8) is 0 Å². The summed E-state index contributed by atoms with van der Waals surface area (Å²) in [6.07, 6.45) is 4.94. The summed E-state index contributed by atoms with van der Waals surface area (Å²) >= 11 is 0. The van der Waals surface area contributed by atoms with Gasteiger partial charge in [-0.05, 0) is 52.9 Å². The summed E-state index contributed by atoms with van der Waals surface area (Å²) in [6.45, 7) is 10.1. The van der Waals surface area contributed by atoms with E-state index in [-0.39, 0.29) is 11.8 Å². The molecule has 2 heterocycles. The number of hydrogen-bond acceptors (Lipinski definition) is 5. The first-order chi connectivity index (χ1) is 9.58. The SMILES string of the molecule is CCN(CC)C1(N(C)C)C(N)CCCN1N1CCCC1. The third kappa shape index (κ3) is 2.50. The lowest BCUT2D eigenvalue weighted by Crippen LogP contribution is -2.79. The lowest BCUT2D eigenvalue weighted by molar-refractivity contribution is -0.255. The number of likely N-dealkylation sites (N-methyl/N-ethyl adjacent to an activating group) is 2. The van der Waals surface area contributed by atoms with Crippen molar-refractivity contribution in [2.24, 2.45) is 5.73 Å². The van der Waals surface area contributed by atoms with Gasteiger partial charge in [0.25, 0.3) is 0 Å². The van der Waals surface area contributed by atoms with Crippen LogP contribution in [0.1, 0.15) is 39.5 Å². The largest absolute Gasteiger partial charge is 0.324 e. The normalized spacial score (nSPS) is 33.5. The Labute approximate surface area is 124 Å². The summed E-state index contributed by atoms with van der Waals surface area (Å²) in [6, 6.07) is 0.173. The van der Waals surface area contributed by atoms with Gasteiger partial charge < -0.3 is 5.73 Å². The summed E-state index contributed by atoms with van der Waals surface area (Å²) in [5, 5.41) is 5.14. The number of nitrogens with two attached hydrogens (primary N) is 1. The van der Waals surface area contributed by atoms with E-state index in [2.05, 4.69) is 47.8 Å². The minimum absolute atomic E-state index is 0.161. The van der Waals surface area contributed by atoms with Crippen molar-refractivity contribution in [2.75, 3.05) is 46.8 Å². The Morgan fingerprint density at radius 2 is 1.65 bits per heavy atom. The molecular formula is C15H33N5. The zero-order chi connectivity index (χ0) is 14.8. The van der Waals surface area contributed by atoms with Crippen LogP contribution in [0.2, 0.25) is 0 Å². The summed E-state index contributed by atoms with van der Waals surface area (Å²) in [7, 11) is 4.37. The average molecular weight is 283 g/mol. The topological polar surface area (TPSA) is 39.0 Å². The summed E-state index contributed by atoms with van der Waals surface area (Å²) < 4.78 is 0. The van der Waals surface area contributed by atoms with E-state index in [1.54, 1.807) is 0 Å². The second-order valence-corrected chi connectivity index (χ2v) is 6.29. The molecule has 0 aromatic heterocycles. The zero-order valence-corrected chi connectivity index (χ0v) is 13.8. The predicted octanol–water partition coefficient (Wildman–Crippen LogP) is 0.978. The fraction of sp³-hybridized carbons (Fsp3) is 1.00. The Morgan fingerprint density at radius 1 is 1.05 bits per heavy atom. The third-order valence-corrected chi connectivity index (χ3v) is 5.07. The van der Waals surface area contributed by atoms with Crippen LogP contribution in [0.3, 0.4) is 0 Å². The van der Waals surface area contributed by atoms with Crippen molar-refractivity contribution >= 4 is 0 Å². The molecule has 0 spiro atoms. The molecule has 0 aliphatic carbocycles. The van der Waals surface area contributed by atoms with Gasteiger partial charge in [0.15, 0.2) is 5.79 Å². The second kappa shape index (κ2) is 6.71. The molecule has 5 heteroatoms. The van der Waals surface area contributed by atoms with Crippen molar-refractivity contribution in [3.8, 4) is 0 Å². The van der Waals surface area contributed by atoms with Crippen LogP contribution in [0.4, 0.5) is 0 Å². The smallest absolute Gasteiger partial charge is 0.159 e. The van der Waals surface area contributed by atoms with Gasteiger partial charge in [-0.2, -0.15) is 0 Å². The highest BCUT2D eigenvalue weighted by atomic mass is 15.8. The highest BCUT2D eigenvalue weighted by Gasteiger charge is 2.52. The maximum atomic E-state index is 6.67. The van der Waals surface area contributed by atoms with E-state index in [9.17, 15) is 0 Å². The van der Waals surface area contributed by atoms with Gasteiger partial charge in [-0.15, -0.1) is 0 Å². The molecule has 0 saturated carbocycles. The molecule has 2 N–H and O–H groups in total. The zero-order valence-electron chi connectivity index (χ0n) is 13.8. The van der Waals surface area contributed by atoms with E-state index in [4.69, 9.17) is 5.73 Å². The molecule has 2 unspecified atom stereocenters. The third-order valence-electron chi connectivity index (χ3n) is 5.07. The molecule has 2 atom stereocenters. The average Bonchev–Trinajstić information content (AvgIpc) is 2.95. The first-order valence-electron chi connectivity index (χ1n) is 8.29. The first kappa shape index (κ1) is 16.2. The van der Waals surface area contributed by atoms with Crippen LogP contribution in [0.25, 0.3) is 0 Å². The molecule has 2 aliphatic rings. The number of rotatable bonds is 5. The second-order valence-electron chi connectivity index (χ2n) is 6.29. The quantitative estimate of drug-likeness (QED) is 0.762. The molecule has 5 nitrogen and oxygen atoms in total. The fourth-order valence-corrected chi connectivity index (χ4v) is 4.23. The Balaban J connectivity index is 2.38. The van der Waals surface area contributed by atoms with E-state index in [0.29, 0.717) is 0 Å². The highest BCUT2D eigenvalue weighted by molar-refractivity contribution is 4.99. The highest BCUT2D eigenvalue weighted by Crippen LogP contribution is 2.35. The molecular weight excluding hydrogens is 250 g/mol. The molecule has 0 amide bonds. The van der Waals surface area contributed by atoms with Gasteiger partial charge in [0.1, 0.15) is 0 Å². The van der Waals surface area contributed by atoms with Crippen molar-refractivity contribution < 1.29 is 0 Å². The molecule has 20 heavy (non-hydrogen) atoms. The van der Waals surface area contributed by atoms with Gasteiger partial charge in [0, 0.05) is 19.6 Å². The van der Waals surface area contributed by atoms with E-state index in [1.165, 1.54) is 32.4 Å². The molecule has 2 fully saturated rings. The van der Waals surface area contributed by atoms with Gasteiger partial charge >= 0.3 is 0 Å². The number of piperidine rings is 1. The Bertz CT molecular complexity index is 299. The van der Waals surface area contributed by atoms with Gasteiger partial charge in [0.2, 0.25) is 0 Å². The number of hydrogen-bond donors (Lipinski definition) is 1. The maximum Gasteiger partial charge on any atom is 0.159 e. The van der Waals surface area contributed by atoms with Crippen LogP contribution < -0.4 is 5.73 Å². The van der Waals surface area contributed by atoms with E-state index in [0.717, 1.165) is 26.1 Å². The number of hydrazine groups is 1. The Kier molecular flexibility index (Phi) is 5.42. The first-order valence-corrected chi connectivity index (χ1v) is 8.29. The maximum absolute atomic E-state index is 6.67. The van der Waals surface area contributed by atoms with Crippen LogP contribution in [-0.4, -0.2) is 78.5 Å². The van der Waals surface area contributed by atoms with Crippen molar-refractivity contribution in [3.05, 3.63) is 0 Å². The fourth-order valence-electron chi connectivity index (χ4n) is 4.23. The summed E-state index contributed by atoms with van der Waals surface area (Å²) in [5.41, 5.74) is 6.67. The predicted molar refractivity (Wildman–Crippen MR) is 84.1 cm³/mol. The molecule has 2 saturated heterocycles. The van der Waals surface area contributed by atoms with Gasteiger partial charge in [-0.1, -0.05) is 13.8 Å². The molecule has 0 aromatic carbocycles. The molecule has 0 radical (unpaired) electrons. The van der Waals surface area contributed by atoms with Crippen LogP contribution in [-0.2, 0) is 0 Å². The standard InChI is InChI=1S/C15H33N5/c1-5-18(6-2)15(17(3)4)14(16)10-9-13-20(15)19-11-7-8-12-19/h14H,5-13,16H2,1-4H3. The van der Waals surface area contributed by atoms with Crippen molar-refractivity contribution in [1.29, 1.82) is 0 Å². The van der Waals surface area contributed by atoms with E-state index < -0.39 is 0 Å². The molecule has 0 bridgehead atoms.